The molecule has 1 saturated carbocycles. The summed E-state index contributed by atoms with van der Waals surface area (Å²) in [4.78, 5) is 24.6. The Morgan fingerprint density at radius 1 is 0.892 bits per heavy atom. The number of hydrogen-bond donors (Lipinski definition) is 2. The molecule has 0 radical (unpaired) electrons. The summed E-state index contributed by atoms with van der Waals surface area (Å²) < 4.78 is 17.0. The minimum absolute atomic E-state index is 0.0680. The monoisotopic (exact) mass is 508 g/mol. The van der Waals surface area contributed by atoms with Crippen LogP contribution < -0.4 is 11.5 Å². The Morgan fingerprint density at radius 3 is 2.22 bits per heavy atom. The van der Waals surface area contributed by atoms with Crippen molar-refractivity contribution in [2.24, 2.45) is 0 Å². The zero-order valence-corrected chi connectivity index (χ0v) is 21.8. The summed E-state index contributed by atoms with van der Waals surface area (Å²) >= 11 is 0. The molecule has 1 fully saturated rings. The maximum atomic E-state index is 12.6. The van der Waals surface area contributed by atoms with Crippen molar-refractivity contribution in [1.82, 2.24) is 0 Å². The summed E-state index contributed by atoms with van der Waals surface area (Å²) in [5.74, 6) is -0.808. The van der Waals surface area contributed by atoms with Gasteiger partial charge in [-0.2, -0.15) is 0 Å². The van der Waals surface area contributed by atoms with Crippen LogP contribution in [-0.2, 0) is 25.6 Å². The number of hydrogen-bond acceptors (Lipinski definition) is 7. The molecule has 0 unspecified atom stereocenters. The molecule has 0 bridgehead atoms. The predicted octanol–water partition coefficient (Wildman–Crippen LogP) is 6.06. The highest BCUT2D eigenvalue weighted by molar-refractivity contribution is 5.90. The average molecular weight is 509 g/mol. The minimum atomic E-state index is -0.486. The van der Waals surface area contributed by atoms with E-state index in [-0.39, 0.29) is 24.8 Å². The largest absolute Gasteiger partial charge is 0.459 e. The fourth-order valence-electron chi connectivity index (χ4n) is 4.42. The van der Waals surface area contributed by atoms with Crippen molar-refractivity contribution in [3.63, 3.8) is 0 Å². The van der Waals surface area contributed by atoms with Gasteiger partial charge in [-0.3, -0.25) is 0 Å². The van der Waals surface area contributed by atoms with Gasteiger partial charge >= 0.3 is 11.9 Å². The number of rotatable bonds is 13. The van der Waals surface area contributed by atoms with Gasteiger partial charge in [0.2, 0.25) is 0 Å². The summed E-state index contributed by atoms with van der Waals surface area (Å²) in [5, 5.41) is 0. The smallest absolute Gasteiger partial charge is 0.338 e. The van der Waals surface area contributed by atoms with E-state index in [4.69, 9.17) is 25.7 Å². The minimum Gasteiger partial charge on any atom is -0.459 e. The second-order valence-corrected chi connectivity index (χ2v) is 9.66. The second kappa shape index (κ2) is 15.1. The van der Waals surface area contributed by atoms with E-state index in [2.05, 4.69) is 6.92 Å². The van der Waals surface area contributed by atoms with E-state index in [1.165, 1.54) is 31.8 Å². The number of unbranched alkanes of at least 4 members (excludes halogenated alkanes) is 4. The molecule has 0 spiro atoms. The van der Waals surface area contributed by atoms with Gasteiger partial charge in [-0.15, -0.1) is 0 Å². The number of ether oxygens (including phenoxy) is 3. The molecule has 0 atom stereocenters. The first-order chi connectivity index (χ1) is 17.9. The van der Waals surface area contributed by atoms with Crippen LogP contribution in [0, 0.1) is 0 Å². The molecule has 0 aliphatic heterocycles. The standard InChI is InChI=1S/C30H40N2O5/c1-2-3-4-5-6-17-35-27-12-14-28(15-13-27)37-30(34)24-10-7-22(8-11-24)9-16-29(33)36-21-23-18-25(31)20-26(32)19-23/h7-11,16,18-20,27-28H,2-6,12-15,17,21,31-32H2,1H3/b16-9+. The summed E-state index contributed by atoms with van der Waals surface area (Å²) in [5.41, 5.74) is 14.5. The molecule has 1 aliphatic carbocycles. The first kappa shape index (κ1) is 28.3. The molecule has 0 aromatic heterocycles. The van der Waals surface area contributed by atoms with Gasteiger partial charge in [0.1, 0.15) is 12.7 Å². The van der Waals surface area contributed by atoms with Crippen molar-refractivity contribution in [3.8, 4) is 0 Å². The number of carbonyl (C=O) groups excluding carboxylic acids is 2. The van der Waals surface area contributed by atoms with E-state index >= 15 is 0 Å². The van der Waals surface area contributed by atoms with Gasteiger partial charge in [0, 0.05) is 24.1 Å². The van der Waals surface area contributed by atoms with Crippen molar-refractivity contribution >= 4 is 29.4 Å². The van der Waals surface area contributed by atoms with Crippen molar-refractivity contribution in [2.45, 2.75) is 83.5 Å². The van der Waals surface area contributed by atoms with E-state index in [1.807, 2.05) is 0 Å². The summed E-state index contributed by atoms with van der Waals surface area (Å²) in [7, 11) is 0. The molecule has 0 heterocycles. The molecule has 1 aliphatic rings. The lowest BCUT2D eigenvalue weighted by molar-refractivity contribution is -0.138. The molecule has 4 N–H and O–H groups in total. The summed E-state index contributed by atoms with van der Waals surface area (Å²) in [6.45, 7) is 3.13. The van der Waals surface area contributed by atoms with Gasteiger partial charge in [-0.05, 0) is 79.6 Å². The number of nitrogens with two attached hydrogens (primary N) is 2. The molecule has 200 valence electrons. The second-order valence-electron chi connectivity index (χ2n) is 9.66. The molecule has 37 heavy (non-hydrogen) atoms. The SMILES string of the molecule is CCCCCCCOC1CCC(OC(=O)c2ccc(/C=C/C(=O)OCc3cc(N)cc(N)c3)cc2)CC1. The van der Waals surface area contributed by atoms with Crippen LogP contribution in [0.4, 0.5) is 11.4 Å². The molecule has 7 heteroatoms. The maximum Gasteiger partial charge on any atom is 0.338 e. The molecule has 7 nitrogen and oxygen atoms in total. The molecular formula is C30H40N2O5. The maximum absolute atomic E-state index is 12.6. The number of carbonyl (C=O) groups is 2. The highest BCUT2D eigenvalue weighted by Gasteiger charge is 2.24. The van der Waals surface area contributed by atoms with E-state index in [0.29, 0.717) is 16.9 Å². The molecule has 2 aromatic carbocycles. The Morgan fingerprint density at radius 2 is 1.54 bits per heavy atom. The van der Waals surface area contributed by atoms with Crippen LogP contribution in [0.1, 0.15) is 86.2 Å². The van der Waals surface area contributed by atoms with Gasteiger partial charge in [-0.1, -0.05) is 44.7 Å². The number of esters is 2. The van der Waals surface area contributed by atoms with Gasteiger partial charge in [0.05, 0.1) is 11.7 Å². The van der Waals surface area contributed by atoms with E-state index in [1.54, 1.807) is 48.5 Å². The summed E-state index contributed by atoms with van der Waals surface area (Å²) in [6, 6.07) is 12.0. The lowest BCUT2D eigenvalue weighted by Gasteiger charge is -2.28. The first-order valence-electron chi connectivity index (χ1n) is 13.4. The van der Waals surface area contributed by atoms with Crippen LogP contribution in [0.3, 0.4) is 0 Å². The average Bonchev–Trinajstić information content (AvgIpc) is 2.89. The number of benzene rings is 2. The van der Waals surface area contributed by atoms with Crippen LogP contribution in [0.5, 0.6) is 0 Å². The van der Waals surface area contributed by atoms with Crippen molar-refractivity contribution in [1.29, 1.82) is 0 Å². The zero-order valence-electron chi connectivity index (χ0n) is 21.8. The highest BCUT2D eigenvalue weighted by Crippen LogP contribution is 2.25. The van der Waals surface area contributed by atoms with E-state index in [0.717, 1.165) is 49.8 Å². The number of anilines is 2. The Labute approximate surface area is 220 Å². The molecule has 2 aromatic rings. The Kier molecular flexibility index (Phi) is 11.5. The van der Waals surface area contributed by atoms with E-state index < -0.39 is 5.97 Å². The Hall–Kier alpha value is -3.32. The fourth-order valence-corrected chi connectivity index (χ4v) is 4.42. The first-order valence-corrected chi connectivity index (χ1v) is 13.4. The summed E-state index contributed by atoms with van der Waals surface area (Å²) in [6.07, 6.45) is 12.9. The third-order valence-corrected chi connectivity index (χ3v) is 6.47. The third kappa shape index (κ3) is 10.3. The Bertz CT molecular complexity index is 1010. The van der Waals surface area contributed by atoms with Crippen LogP contribution in [0.15, 0.2) is 48.5 Å². The molecule has 0 amide bonds. The van der Waals surface area contributed by atoms with Crippen LogP contribution >= 0.6 is 0 Å². The van der Waals surface area contributed by atoms with Crippen molar-refractivity contribution in [2.75, 3.05) is 18.1 Å². The third-order valence-electron chi connectivity index (χ3n) is 6.47. The topological polar surface area (TPSA) is 114 Å². The van der Waals surface area contributed by atoms with Gasteiger partial charge in [-0.25, -0.2) is 9.59 Å². The molecular weight excluding hydrogens is 468 g/mol. The lowest BCUT2D eigenvalue weighted by Crippen LogP contribution is -2.28. The zero-order chi connectivity index (χ0) is 26.5. The van der Waals surface area contributed by atoms with E-state index in [9.17, 15) is 9.59 Å². The van der Waals surface area contributed by atoms with Gasteiger partial charge in [0.25, 0.3) is 0 Å². The fraction of sp³-hybridized carbons (Fsp3) is 0.467. The number of nitrogen functional groups attached to an aromatic ring is 2. The molecule has 3 rings (SSSR count). The van der Waals surface area contributed by atoms with Crippen LogP contribution in [0.25, 0.3) is 6.08 Å². The Balaban J connectivity index is 1.36. The van der Waals surface area contributed by atoms with Crippen molar-refractivity contribution in [3.05, 3.63) is 65.2 Å². The van der Waals surface area contributed by atoms with Crippen LogP contribution in [-0.4, -0.2) is 30.8 Å². The van der Waals surface area contributed by atoms with Crippen molar-refractivity contribution < 1.29 is 23.8 Å². The lowest BCUT2D eigenvalue weighted by atomic mass is 9.95. The van der Waals surface area contributed by atoms with Gasteiger partial charge < -0.3 is 25.7 Å². The van der Waals surface area contributed by atoms with Gasteiger partial charge in [0.15, 0.2) is 0 Å². The molecule has 0 saturated heterocycles. The predicted molar refractivity (Wildman–Crippen MR) is 147 cm³/mol. The highest BCUT2D eigenvalue weighted by atomic mass is 16.5. The normalized spacial score (nSPS) is 17.5. The quantitative estimate of drug-likeness (QED) is 0.146. The van der Waals surface area contributed by atoms with Crippen LogP contribution in [0.2, 0.25) is 0 Å².